The minimum absolute atomic E-state index is 0.405. The lowest BCUT2D eigenvalue weighted by Crippen LogP contribution is -2.26. The summed E-state index contributed by atoms with van der Waals surface area (Å²) in [6, 6.07) is 0.534. The van der Waals surface area contributed by atoms with Crippen LogP contribution in [0.5, 0.6) is 0 Å². The molecule has 0 aliphatic heterocycles. The standard InChI is InChI=1S/C17H30N4/c1-6-9-18-16-15(11(2)3)17(20-10-19-16)21-14-8-7-12(4)13(14)5/h10-14H,6-9H2,1-5H3,(H2,18,19,20,21). The maximum Gasteiger partial charge on any atom is 0.135 e. The van der Waals surface area contributed by atoms with E-state index in [9.17, 15) is 0 Å². The second kappa shape index (κ2) is 7.10. The largest absolute Gasteiger partial charge is 0.370 e. The van der Waals surface area contributed by atoms with Gasteiger partial charge in [0.05, 0.1) is 0 Å². The molecule has 1 heterocycles. The lowest BCUT2D eigenvalue weighted by Gasteiger charge is -2.24. The van der Waals surface area contributed by atoms with Gasteiger partial charge in [0.25, 0.3) is 0 Å². The molecule has 118 valence electrons. The molecule has 0 radical (unpaired) electrons. The quantitative estimate of drug-likeness (QED) is 0.821. The van der Waals surface area contributed by atoms with Crippen molar-refractivity contribution >= 4 is 11.6 Å². The van der Waals surface area contributed by atoms with Crippen molar-refractivity contribution in [3.63, 3.8) is 0 Å². The minimum Gasteiger partial charge on any atom is -0.370 e. The highest BCUT2D eigenvalue weighted by Gasteiger charge is 2.30. The first-order chi connectivity index (χ1) is 10.0. The van der Waals surface area contributed by atoms with Crippen LogP contribution >= 0.6 is 0 Å². The third kappa shape index (κ3) is 3.66. The van der Waals surface area contributed by atoms with E-state index < -0.39 is 0 Å². The van der Waals surface area contributed by atoms with Crippen molar-refractivity contribution in [2.45, 2.75) is 65.8 Å². The van der Waals surface area contributed by atoms with Gasteiger partial charge in [-0.2, -0.15) is 0 Å². The first kappa shape index (κ1) is 16.1. The van der Waals surface area contributed by atoms with Gasteiger partial charge in [0.15, 0.2) is 0 Å². The van der Waals surface area contributed by atoms with E-state index in [0.717, 1.165) is 30.5 Å². The maximum absolute atomic E-state index is 4.53. The zero-order chi connectivity index (χ0) is 15.4. The van der Waals surface area contributed by atoms with Gasteiger partial charge in [-0.3, -0.25) is 0 Å². The minimum atomic E-state index is 0.405. The molecule has 1 saturated carbocycles. The number of nitrogens with one attached hydrogen (secondary N) is 2. The average Bonchev–Trinajstić information content (AvgIpc) is 2.77. The fourth-order valence-corrected chi connectivity index (χ4v) is 3.19. The van der Waals surface area contributed by atoms with Crippen LogP contribution < -0.4 is 10.6 Å². The molecule has 3 atom stereocenters. The van der Waals surface area contributed by atoms with E-state index in [0.29, 0.717) is 17.9 Å². The zero-order valence-electron chi connectivity index (χ0n) is 14.1. The fourth-order valence-electron chi connectivity index (χ4n) is 3.19. The van der Waals surface area contributed by atoms with E-state index in [1.165, 1.54) is 18.4 Å². The Morgan fingerprint density at radius 3 is 2.48 bits per heavy atom. The Hall–Kier alpha value is -1.32. The lowest BCUT2D eigenvalue weighted by molar-refractivity contribution is 0.435. The topological polar surface area (TPSA) is 49.8 Å². The molecule has 0 amide bonds. The SMILES string of the molecule is CCCNc1ncnc(NC2CCC(C)C2C)c1C(C)C. The van der Waals surface area contributed by atoms with Crippen LogP contribution in [0.4, 0.5) is 11.6 Å². The summed E-state index contributed by atoms with van der Waals surface area (Å²) in [7, 11) is 0. The zero-order valence-corrected chi connectivity index (χ0v) is 14.1. The highest BCUT2D eigenvalue weighted by atomic mass is 15.1. The summed E-state index contributed by atoms with van der Waals surface area (Å²) in [6.45, 7) is 12.2. The van der Waals surface area contributed by atoms with Crippen LogP contribution in [-0.2, 0) is 0 Å². The summed E-state index contributed by atoms with van der Waals surface area (Å²) < 4.78 is 0. The molecular weight excluding hydrogens is 260 g/mol. The Morgan fingerprint density at radius 2 is 1.90 bits per heavy atom. The normalized spacial score (nSPS) is 25.3. The molecule has 0 spiro atoms. The van der Waals surface area contributed by atoms with E-state index in [-0.39, 0.29) is 0 Å². The molecule has 2 rings (SSSR count). The van der Waals surface area contributed by atoms with E-state index >= 15 is 0 Å². The highest BCUT2D eigenvalue weighted by Crippen LogP contribution is 2.35. The molecule has 2 N–H and O–H groups in total. The number of hydrogen-bond donors (Lipinski definition) is 2. The Bertz CT molecular complexity index is 458. The van der Waals surface area contributed by atoms with E-state index in [1.54, 1.807) is 6.33 Å². The molecular formula is C17H30N4. The van der Waals surface area contributed by atoms with E-state index in [1.807, 2.05) is 0 Å². The van der Waals surface area contributed by atoms with Gasteiger partial charge in [-0.25, -0.2) is 9.97 Å². The van der Waals surface area contributed by atoms with Crippen LogP contribution in [0.25, 0.3) is 0 Å². The molecule has 1 aromatic heterocycles. The van der Waals surface area contributed by atoms with Crippen LogP contribution in [0, 0.1) is 11.8 Å². The molecule has 1 aliphatic carbocycles. The van der Waals surface area contributed by atoms with Crippen molar-refractivity contribution in [3.8, 4) is 0 Å². The van der Waals surface area contributed by atoms with Gasteiger partial charge >= 0.3 is 0 Å². The van der Waals surface area contributed by atoms with Gasteiger partial charge in [-0.15, -0.1) is 0 Å². The Morgan fingerprint density at radius 1 is 1.19 bits per heavy atom. The number of nitrogens with zero attached hydrogens (tertiary/aromatic N) is 2. The summed E-state index contributed by atoms with van der Waals surface area (Å²) >= 11 is 0. The predicted octanol–water partition coefficient (Wildman–Crippen LogP) is 4.27. The second-order valence-corrected chi connectivity index (χ2v) is 6.73. The maximum atomic E-state index is 4.53. The van der Waals surface area contributed by atoms with Gasteiger partial charge < -0.3 is 10.6 Å². The molecule has 0 saturated heterocycles. The molecule has 4 nitrogen and oxygen atoms in total. The number of hydrogen-bond acceptors (Lipinski definition) is 4. The Labute approximate surface area is 129 Å². The van der Waals surface area contributed by atoms with Gasteiger partial charge in [0.2, 0.25) is 0 Å². The van der Waals surface area contributed by atoms with Crippen LogP contribution in [-0.4, -0.2) is 22.6 Å². The van der Waals surface area contributed by atoms with Crippen LogP contribution in [0.2, 0.25) is 0 Å². The van der Waals surface area contributed by atoms with Crippen LogP contribution in [0.3, 0.4) is 0 Å². The first-order valence-corrected chi connectivity index (χ1v) is 8.39. The number of aromatic nitrogens is 2. The molecule has 3 unspecified atom stereocenters. The third-order valence-electron chi connectivity index (χ3n) is 4.79. The number of rotatable bonds is 6. The summed E-state index contributed by atoms with van der Waals surface area (Å²) in [5.74, 6) is 3.91. The number of anilines is 2. The highest BCUT2D eigenvalue weighted by molar-refractivity contribution is 5.59. The van der Waals surface area contributed by atoms with Crippen molar-refractivity contribution in [3.05, 3.63) is 11.9 Å². The first-order valence-electron chi connectivity index (χ1n) is 8.39. The van der Waals surface area contributed by atoms with Crippen LogP contribution in [0.15, 0.2) is 6.33 Å². The summed E-state index contributed by atoms with van der Waals surface area (Å²) in [6.07, 6.45) is 5.32. The predicted molar refractivity (Wildman–Crippen MR) is 89.9 cm³/mol. The van der Waals surface area contributed by atoms with Gasteiger partial charge in [0, 0.05) is 18.2 Å². The molecule has 0 aromatic carbocycles. The summed E-state index contributed by atoms with van der Waals surface area (Å²) in [4.78, 5) is 8.97. The molecule has 0 bridgehead atoms. The Balaban J connectivity index is 2.22. The average molecular weight is 290 g/mol. The van der Waals surface area contributed by atoms with Crippen molar-refractivity contribution in [1.29, 1.82) is 0 Å². The van der Waals surface area contributed by atoms with Crippen molar-refractivity contribution in [1.82, 2.24) is 9.97 Å². The van der Waals surface area contributed by atoms with Crippen molar-refractivity contribution in [2.24, 2.45) is 11.8 Å². The lowest BCUT2D eigenvalue weighted by atomic mass is 9.97. The van der Waals surface area contributed by atoms with Gasteiger partial charge in [-0.1, -0.05) is 34.6 Å². The second-order valence-electron chi connectivity index (χ2n) is 6.73. The van der Waals surface area contributed by atoms with Crippen molar-refractivity contribution in [2.75, 3.05) is 17.2 Å². The monoisotopic (exact) mass is 290 g/mol. The summed E-state index contributed by atoms with van der Waals surface area (Å²) in [5, 5.41) is 7.14. The molecule has 1 aromatic rings. The van der Waals surface area contributed by atoms with E-state index in [4.69, 9.17) is 0 Å². The van der Waals surface area contributed by atoms with Gasteiger partial charge in [-0.05, 0) is 37.0 Å². The smallest absolute Gasteiger partial charge is 0.135 e. The van der Waals surface area contributed by atoms with Crippen LogP contribution in [0.1, 0.15) is 65.4 Å². The summed E-state index contributed by atoms with van der Waals surface area (Å²) in [5.41, 5.74) is 1.22. The molecule has 4 heteroatoms. The van der Waals surface area contributed by atoms with Crippen molar-refractivity contribution < 1.29 is 0 Å². The molecule has 1 aliphatic rings. The third-order valence-corrected chi connectivity index (χ3v) is 4.79. The Kier molecular flexibility index (Phi) is 5.43. The fraction of sp³-hybridized carbons (Fsp3) is 0.765. The van der Waals surface area contributed by atoms with E-state index in [2.05, 4.69) is 55.2 Å². The molecule has 1 fully saturated rings. The molecule has 21 heavy (non-hydrogen) atoms. The van der Waals surface area contributed by atoms with Gasteiger partial charge in [0.1, 0.15) is 18.0 Å².